The topological polar surface area (TPSA) is 47.7 Å². The molecule has 0 amide bonds. The predicted octanol–water partition coefficient (Wildman–Crippen LogP) is 3.61. The lowest BCUT2D eigenvalue weighted by Crippen LogP contribution is -2.23. The maximum atomic E-state index is 6.07. The van der Waals surface area contributed by atoms with Crippen molar-refractivity contribution in [2.24, 2.45) is 11.7 Å². The third kappa shape index (κ3) is 4.32. The van der Waals surface area contributed by atoms with Crippen molar-refractivity contribution in [1.29, 1.82) is 0 Å². The predicted molar refractivity (Wildman–Crippen MR) is 109 cm³/mol. The Kier molecular flexibility index (Phi) is 7.33. The molecule has 0 aliphatic carbocycles. The van der Waals surface area contributed by atoms with Crippen molar-refractivity contribution in [1.82, 2.24) is 4.90 Å². The molecule has 4 nitrogen and oxygen atoms in total. The molecule has 1 fully saturated rings. The van der Waals surface area contributed by atoms with Gasteiger partial charge in [-0.2, -0.15) is 0 Å². The van der Waals surface area contributed by atoms with Crippen LogP contribution in [0.2, 0.25) is 0 Å². The molecule has 0 bridgehead atoms. The summed E-state index contributed by atoms with van der Waals surface area (Å²) in [7, 11) is 3.36. The fourth-order valence-electron chi connectivity index (χ4n) is 3.84. The first kappa shape index (κ1) is 20.6. The number of ether oxygens (including phenoxy) is 2. The van der Waals surface area contributed by atoms with Crippen molar-refractivity contribution in [3.63, 3.8) is 0 Å². The van der Waals surface area contributed by atoms with Crippen LogP contribution in [0, 0.1) is 12.8 Å². The van der Waals surface area contributed by atoms with Crippen molar-refractivity contribution in [2.75, 3.05) is 33.9 Å². The van der Waals surface area contributed by atoms with Gasteiger partial charge in [-0.05, 0) is 48.2 Å². The molecule has 1 heterocycles. The molecular weight excluding hydrogens is 348 g/mol. The van der Waals surface area contributed by atoms with E-state index in [1.54, 1.807) is 14.2 Å². The van der Waals surface area contributed by atoms with Crippen LogP contribution in [0.25, 0.3) is 0 Å². The van der Waals surface area contributed by atoms with Crippen LogP contribution in [0.1, 0.15) is 22.6 Å². The molecule has 0 aromatic heterocycles. The molecule has 1 saturated heterocycles. The molecule has 2 N–H and O–H groups in total. The maximum Gasteiger partial charge on any atom is 0.161 e. The summed E-state index contributed by atoms with van der Waals surface area (Å²) in [5.74, 6) is 2.58. The first-order valence-electron chi connectivity index (χ1n) is 8.85. The third-order valence-electron chi connectivity index (χ3n) is 5.28. The second-order valence-electron chi connectivity index (χ2n) is 6.84. The molecule has 0 radical (unpaired) electrons. The van der Waals surface area contributed by atoms with Gasteiger partial charge in [-0.15, -0.1) is 12.4 Å². The van der Waals surface area contributed by atoms with Crippen molar-refractivity contribution in [3.8, 4) is 11.5 Å². The Morgan fingerprint density at radius 1 is 1.04 bits per heavy atom. The molecule has 1 aliphatic heterocycles. The normalized spacial score (nSPS) is 19.8. The van der Waals surface area contributed by atoms with Crippen molar-refractivity contribution < 1.29 is 9.47 Å². The summed E-state index contributed by atoms with van der Waals surface area (Å²) in [5, 5.41) is 0. The van der Waals surface area contributed by atoms with Crippen LogP contribution in [0.3, 0.4) is 0 Å². The summed E-state index contributed by atoms with van der Waals surface area (Å²) in [6.07, 6.45) is 0. The molecule has 26 heavy (non-hydrogen) atoms. The molecular formula is C21H29ClN2O2. The SMILES string of the molecule is COc1cc(C)c(CN2C[C@@H](CN)[C@H](c3ccccc3)C2)cc1OC.Cl. The van der Waals surface area contributed by atoms with E-state index in [0.717, 1.165) is 37.7 Å². The zero-order valence-electron chi connectivity index (χ0n) is 15.8. The van der Waals surface area contributed by atoms with Crippen LogP contribution < -0.4 is 15.2 Å². The number of rotatable bonds is 6. The summed E-state index contributed by atoms with van der Waals surface area (Å²) in [6.45, 7) is 5.83. The van der Waals surface area contributed by atoms with Crippen LogP contribution in [0.5, 0.6) is 11.5 Å². The zero-order chi connectivity index (χ0) is 17.8. The molecule has 0 unspecified atom stereocenters. The van der Waals surface area contributed by atoms with E-state index < -0.39 is 0 Å². The lowest BCUT2D eigenvalue weighted by molar-refractivity contribution is 0.313. The Balaban J connectivity index is 0.00000243. The fraction of sp³-hybridized carbons (Fsp3) is 0.429. The van der Waals surface area contributed by atoms with E-state index in [-0.39, 0.29) is 12.4 Å². The van der Waals surface area contributed by atoms with Crippen LogP contribution in [0.15, 0.2) is 42.5 Å². The standard InChI is InChI=1S/C21H28N2O2.ClH/c1-15-9-20(24-2)21(25-3)10-17(15)12-23-13-18(11-22)19(14-23)16-7-5-4-6-8-16;/h4-10,18-19H,11-14,22H2,1-3H3;1H/t18-,19+;/m1./s1. The number of likely N-dealkylation sites (tertiary alicyclic amines) is 1. The summed E-state index contributed by atoms with van der Waals surface area (Å²) < 4.78 is 10.9. The van der Waals surface area contributed by atoms with E-state index in [9.17, 15) is 0 Å². The van der Waals surface area contributed by atoms with Crippen LogP contribution >= 0.6 is 12.4 Å². The fourth-order valence-corrected chi connectivity index (χ4v) is 3.84. The number of methoxy groups -OCH3 is 2. The second-order valence-corrected chi connectivity index (χ2v) is 6.84. The van der Waals surface area contributed by atoms with Gasteiger partial charge in [0.25, 0.3) is 0 Å². The summed E-state index contributed by atoms with van der Waals surface area (Å²) in [5.41, 5.74) is 9.97. The van der Waals surface area contributed by atoms with Gasteiger partial charge in [0.2, 0.25) is 0 Å². The number of aryl methyl sites for hydroxylation is 1. The molecule has 3 rings (SSSR count). The van der Waals surface area contributed by atoms with Crippen LogP contribution in [-0.4, -0.2) is 38.8 Å². The van der Waals surface area contributed by atoms with Crippen molar-refractivity contribution in [2.45, 2.75) is 19.4 Å². The van der Waals surface area contributed by atoms with Gasteiger partial charge in [0, 0.05) is 25.6 Å². The van der Waals surface area contributed by atoms with Gasteiger partial charge in [0.05, 0.1) is 14.2 Å². The summed E-state index contributed by atoms with van der Waals surface area (Å²) in [4.78, 5) is 2.50. The Bertz CT molecular complexity index is 709. The lowest BCUT2D eigenvalue weighted by atomic mass is 9.89. The maximum absolute atomic E-state index is 6.07. The minimum atomic E-state index is 0. The second kappa shape index (κ2) is 9.26. The zero-order valence-corrected chi connectivity index (χ0v) is 16.6. The summed E-state index contributed by atoms with van der Waals surface area (Å²) in [6, 6.07) is 14.9. The van der Waals surface area contributed by atoms with Crippen molar-refractivity contribution >= 4 is 12.4 Å². The number of nitrogens with zero attached hydrogens (tertiary/aromatic N) is 1. The smallest absolute Gasteiger partial charge is 0.161 e. The van der Waals surface area contributed by atoms with E-state index >= 15 is 0 Å². The average molecular weight is 377 g/mol. The van der Waals surface area contributed by atoms with Crippen LogP contribution in [0.4, 0.5) is 0 Å². The molecule has 2 atom stereocenters. The van der Waals surface area contributed by atoms with Gasteiger partial charge in [-0.3, -0.25) is 4.90 Å². The molecule has 0 saturated carbocycles. The number of nitrogens with two attached hydrogens (primary N) is 1. The lowest BCUT2D eigenvalue weighted by Gasteiger charge is -2.19. The molecule has 5 heteroatoms. The van der Waals surface area contributed by atoms with Gasteiger partial charge in [-0.1, -0.05) is 30.3 Å². The van der Waals surface area contributed by atoms with E-state index in [1.807, 2.05) is 0 Å². The van der Waals surface area contributed by atoms with E-state index in [0.29, 0.717) is 11.8 Å². The first-order valence-corrected chi connectivity index (χ1v) is 8.85. The quantitative estimate of drug-likeness (QED) is 0.836. The Hall–Kier alpha value is -1.75. The first-order chi connectivity index (χ1) is 12.2. The molecule has 142 valence electrons. The molecule has 2 aromatic rings. The van der Waals surface area contributed by atoms with E-state index in [2.05, 4.69) is 54.3 Å². The monoisotopic (exact) mass is 376 g/mol. The van der Waals surface area contributed by atoms with Gasteiger partial charge < -0.3 is 15.2 Å². The van der Waals surface area contributed by atoms with Gasteiger partial charge in [0.15, 0.2) is 11.5 Å². The van der Waals surface area contributed by atoms with Crippen LogP contribution in [-0.2, 0) is 6.54 Å². The number of hydrogen-bond acceptors (Lipinski definition) is 4. The van der Waals surface area contributed by atoms with Gasteiger partial charge >= 0.3 is 0 Å². The number of halogens is 1. The van der Waals surface area contributed by atoms with Gasteiger partial charge in [0.1, 0.15) is 0 Å². The highest BCUT2D eigenvalue weighted by atomic mass is 35.5. The molecule has 2 aromatic carbocycles. The molecule has 1 aliphatic rings. The number of hydrogen-bond donors (Lipinski definition) is 1. The minimum Gasteiger partial charge on any atom is -0.493 e. The highest BCUT2D eigenvalue weighted by molar-refractivity contribution is 5.85. The third-order valence-corrected chi connectivity index (χ3v) is 5.28. The van der Waals surface area contributed by atoms with E-state index in [4.69, 9.17) is 15.2 Å². The average Bonchev–Trinajstić information content (AvgIpc) is 3.06. The summed E-state index contributed by atoms with van der Waals surface area (Å²) >= 11 is 0. The Morgan fingerprint density at radius 2 is 1.69 bits per heavy atom. The highest BCUT2D eigenvalue weighted by Gasteiger charge is 2.32. The van der Waals surface area contributed by atoms with E-state index in [1.165, 1.54) is 16.7 Å². The number of benzene rings is 2. The molecule has 0 spiro atoms. The minimum absolute atomic E-state index is 0. The largest absolute Gasteiger partial charge is 0.493 e. The van der Waals surface area contributed by atoms with Crippen molar-refractivity contribution in [3.05, 3.63) is 59.2 Å². The van der Waals surface area contributed by atoms with Gasteiger partial charge in [-0.25, -0.2) is 0 Å². The Morgan fingerprint density at radius 3 is 2.31 bits per heavy atom. The highest BCUT2D eigenvalue weighted by Crippen LogP contribution is 2.35. The Labute approximate surface area is 162 Å².